The molecule has 0 spiro atoms. The van der Waals surface area contributed by atoms with Crippen LogP contribution in [-0.4, -0.2) is 247 Å². The topological polar surface area (TPSA) is 685 Å². The van der Waals surface area contributed by atoms with Gasteiger partial charge >= 0.3 is 5.97 Å². The number of carboxylic acid groups (broad SMARTS) is 1. The van der Waals surface area contributed by atoms with Crippen molar-refractivity contribution in [2.24, 2.45) is 51.6 Å². The lowest BCUT2D eigenvalue weighted by atomic mass is 9.83. The molecule has 1 fully saturated rings. The molecule has 1 aromatic rings. The van der Waals surface area contributed by atoms with Crippen LogP contribution in [0.5, 0.6) is 0 Å². The second kappa shape index (κ2) is 70.0. The molecule has 16 amide bonds. The van der Waals surface area contributed by atoms with Gasteiger partial charge in [-0.3, -0.25) is 86.5 Å². The maximum atomic E-state index is 15.0. The highest BCUT2D eigenvalue weighted by molar-refractivity contribution is 6.01. The van der Waals surface area contributed by atoms with Gasteiger partial charge in [-0.05, 0) is 122 Å². The van der Waals surface area contributed by atoms with Crippen molar-refractivity contribution in [3.8, 4) is 0 Å². The normalized spacial score (nSPS) is 16.5. The first-order chi connectivity index (χ1) is 65.4. The molecule has 0 radical (unpaired) electrons. The van der Waals surface area contributed by atoms with Crippen LogP contribution in [0.2, 0.25) is 0 Å². The Morgan fingerprint density at radius 2 is 0.819 bits per heavy atom. The Hall–Kier alpha value is -10.6. The first-order valence-electron chi connectivity index (χ1n) is 50.5. The van der Waals surface area contributed by atoms with Crippen LogP contribution < -0.4 is 97.4 Å². The Bertz CT molecular complexity index is 3900. The SMILES string of the molecule is CCCCCCCCCCCCCCCCC(NC(=O)CCCCCCCCCCCCC)C(=O)N[C@@H](CC(=O)O)C(=O)N[C@@H](CCCN=C(N)N)C(=O)N[C@@H](CC1CCC(O)CC1)C(=O)N[C@@H](CC(C)C)C(=O)N[C@@H](C)C(=O)N[C@H](C(=O)N[C@H](C(=O)N[C@@H](Cc1cnc[nH]1)C(=O)N[C@@H](C)C(=O)N[C@H](C(=O)N[C@@H](CC(N)=O)C(=O)N[C@@H](CO)C(=O)N[C@H](C)CCC(N)=O)[C@@H](C)O)C(C)C)[C@@H](C)CC. The number of aromatic amines is 1. The predicted molar refractivity (Wildman–Crippen MR) is 522 cm³/mol. The molecule has 27 N–H and O–H groups in total. The zero-order chi connectivity index (χ0) is 103. The minimum absolute atomic E-state index is 0.0250. The molecule has 0 bridgehead atoms. The zero-order valence-electron chi connectivity index (χ0n) is 84.0. The number of imidazole rings is 1. The number of rotatable bonds is 76. The van der Waals surface area contributed by atoms with Crippen LogP contribution >= 0.6 is 0 Å². The molecule has 1 aromatic heterocycles. The monoisotopic (exact) mass is 1950 g/mol. The van der Waals surface area contributed by atoms with Gasteiger partial charge in [-0.25, -0.2) is 4.98 Å². The Kier molecular flexibility index (Phi) is 62.6. The molecule has 0 aliphatic heterocycles. The van der Waals surface area contributed by atoms with E-state index in [0.717, 1.165) is 64.7 Å². The van der Waals surface area contributed by atoms with Gasteiger partial charge in [-0.1, -0.05) is 216 Å². The van der Waals surface area contributed by atoms with Crippen molar-refractivity contribution in [1.29, 1.82) is 0 Å². The lowest BCUT2D eigenvalue weighted by molar-refractivity contribution is -0.141. The maximum absolute atomic E-state index is 15.0. The molecule has 42 nitrogen and oxygen atoms in total. The third kappa shape index (κ3) is 52.9. The van der Waals surface area contributed by atoms with Crippen LogP contribution in [0.1, 0.15) is 346 Å². The fraction of sp³-hybridized carbons (Fsp3) is 0.781. The number of unbranched alkanes of at least 4 members (excludes halogenated alkanes) is 23. The molecule has 42 heteroatoms. The molecule has 786 valence electrons. The second-order valence-corrected chi connectivity index (χ2v) is 38.1. The summed E-state index contributed by atoms with van der Waals surface area (Å²) in [5.74, 6) is -18.4. The number of nitrogens with two attached hydrogens (primary N) is 4. The fourth-order valence-electron chi connectivity index (χ4n) is 16.1. The molecule has 138 heavy (non-hydrogen) atoms. The maximum Gasteiger partial charge on any atom is 0.305 e. The summed E-state index contributed by atoms with van der Waals surface area (Å²) in [5, 5.41) is 77.5. The Morgan fingerprint density at radius 3 is 1.29 bits per heavy atom. The van der Waals surface area contributed by atoms with E-state index in [2.05, 4.69) is 103 Å². The van der Waals surface area contributed by atoms with Gasteiger partial charge in [0.2, 0.25) is 94.5 Å². The zero-order valence-corrected chi connectivity index (χ0v) is 84.0. The quantitative estimate of drug-likeness (QED) is 0.0253. The van der Waals surface area contributed by atoms with Gasteiger partial charge in [0.1, 0.15) is 78.5 Å². The van der Waals surface area contributed by atoms with Gasteiger partial charge in [0.15, 0.2) is 5.96 Å². The highest BCUT2D eigenvalue weighted by Crippen LogP contribution is 2.29. The number of primary amides is 2. The summed E-state index contributed by atoms with van der Waals surface area (Å²) in [6.07, 6.45) is 27.4. The fourth-order valence-corrected chi connectivity index (χ4v) is 16.1. The van der Waals surface area contributed by atoms with Gasteiger partial charge in [0, 0.05) is 43.7 Å². The first-order valence-corrected chi connectivity index (χ1v) is 50.5. The summed E-state index contributed by atoms with van der Waals surface area (Å²) in [4.78, 5) is 247. The lowest BCUT2D eigenvalue weighted by Gasteiger charge is -2.31. The minimum atomic E-state index is -1.90. The van der Waals surface area contributed by atoms with E-state index in [4.69, 9.17) is 22.9 Å². The number of aliphatic hydroxyl groups excluding tert-OH is 3. The number of carbonyl (C=O) groups excluding carboxylic acids is 16. The van der Waals surface area contributed by atoms with Gasteiger partial charge in [-0.2, -0.15) is 0 Å². The van der Waals surface area contributed by atoms with Crippen molar-refractivity contribution in [1.82, 2.24) is 84.4 Å². The van der Waals surface area contributed by atoms with E-state index in [1.165, 1.54) is 123 Å². The molecule has 1 aliphatic carbocycles. The molecule has 1 unspecified atom stereocenters. The minimum Gasteiger partial charge on any atom is -0.481 e. The third-order valence-corrected chi connectivity index (χ3v) is 24.7. The van der Waals surface area contributed by atoms with Gasteiger partial charge in [0.25, 0.3) is 0 Å². The number of H-pyrrole nitrogens is 1. The van der Waals surface area contributed by atoms with Crippen LogP contribution in [-0.2, 0) is 87.9 Å². The van der Waals surface area contributed by atoms with Crippen molar-refractivity contribution in [2.75, 3.05) is 13.2 Å². The molecule has 16 atom stereocenters. The number of guanidine groups is 1. The van der Waals surface area contributed by atoms with Crippen molar-refractivity contribution in [2.45, 2.75) is 443 Å². The number of carboxylic acids is 1. The van der Waals surface area contributed by atoms with Crippen molar-refractivity contribution in [3.63, 3.8) is 0 Å². The molecule has 0 saturated heterocycles. The largest absolute Gasteiger partial charge is 0.481 e. The smallest absolute Gasteiger partial charge is 0.305 e. The molecule has 1 aliphatic rings. The predicted octanol–water partition coefficient (Wildman–Crippen LogP) is 3.10. The summed E-state index contributed by atoms with van der Waals surface area (Å²) < 4.78 is 0. The van der Waals surface area contributed by atoms with E-state index in [1.807, 2.05) is 0 Å². The van der Waals surface area contributed by atoms with Crippen molar-refractivity contribution in [3.05, 3.63) is 18.2 Å². The van der Waals surface area contributed by atoms with Gasteiger partial charge in [0.05, 0.1) is 38.0 Å². The van der Waals surface area contributed by atoms with Crippen molar-refractivity contribution < 1.29 is 102 Å². The number of hydrogen-bond donors (Lipinski definition) is 23. The van der Waals surface area contributed by atoms with E-state index >= 15 is 4.79 Å². The van der Waals surface area contributed by atoms with E-state index in [-0.39, 0.29) is 94.5 Å². The van der Waals surface area contributed by atoms with Crippen LogP contribution in [0.15, 0.2) is 17.5 Å². The molecular weight excluding hydrogens is 1780 g/mol. The number of aliphatic imine (C=N–C) groups is 1. The van der Waals surface area contributed by atoms with E-state index in [0.29, 0.717) is 44.2 Å². The van der Waals surface area contributed by atoms with Gasteiger partial charge in [-0.15, -0.1) is 0 Å². The Morgan fingerprint density at radius 1 is 0.413 bits per heavy atom. The van der Waals surface area contributed by atoms with Gasteiger partial charge < -0.3 is 123 Å². The van der Waals surface area contributed by atoms with E-state index < -0.39 is 223 Å². The Labute approximate surface area is 815 Å². The second-order valence-electron chi connectivity index (χ2n) is 38.1. The van der Waals surface area contributed by atoms with Crippen molar-refractivity contribution >= 4 is 106 Å². The number of nitrogens with one attached hydrogen (secondary N) is 15. The number of aliphatic hydroxyl groups is 3. The summed E-state index contributed by atoms with van der Waals surface area (Å²) in [6.45, 7) is 18.6. The highest BCUT2D eigenvalue weighted by atomic mass is 16.4. The van der Waals surface area contributed by atoms with Crippen LogP contribution in [0.3, 0.4) is 0 Å². The third-order valence-electron chi connectivity index (χ3n) is 24.7. The summed E-state index contributed by atoms with van der Waals surface area (Å²) in [6, 6.07) is -20.7. The van der Waals surface area contributed by atoms with Crippen LogP contribution in [0.25, 0.3) is 0 Å². The van der Waals surface area contributed by atoms with Crippen LogP contribution in [0.4, 0.5) is 0 Å². The number of carbonyl (C=O) groups is 17. The summed E-state index contributed by atoms with van der Waals surface area (Å²) >= 11 is 0. The highest BCUT2D eigenvalue weighted by Gasteiger charge is 2.41. The average Bonchev–Trinajstić information content (AvgIpc) is 1.06. The number of nitrogens with zero attached hydrogens (tertiary/aromatic N) is 2. The molecule has 1 saturated carbocycles. The standard InChI is InChI=1S/C96H171N21O21/c1-13-16-18-20-22-24-26-27-28-30-31-33-35-37-40-68(107-78(123)42-38-36-34-32-29-25-23-21-19-17-14-2)85(128)111-74(54-79(124)125)91(134)108-69(41-39-49-102-96(99)100)86(129)110-71(51-65-44-46-67(120)47-45-65)89(132)109-70(50-58(4)5)87(130)105-62(10)83(126)116-81(60(8)15-3)94(137)115-80(59(6)7)93(136)112-72(52-66-55-101-57-103-66)88(131)106-63(11)84(127)117-82(64(12)119)95(138)113-73(53-77(98)122)90(133)114-75(56-118)92(135)104-61(9)43-48-76(97)121/h55,57-65,67-75,80-82,118-120H,13-54,56H2,1-12H3,(H2,97,121)(H2,98,122)(H,101,103)(H,104,135)(H,105,130)(H,106,131)(H,107,123)(H,108,134)(H,109,132)(H,110,129)(H,111,128)(H,112,136)(H,113,138)(H,114,133)(H,115,137)(H,116,126)(H,117,127)(H,124,125)(H4,99,100,102)/t60-,61+,62-,63-,64+,65?,67?,68?,69-,70-,71-,72-,73-,74-,75-,80-,81-,82-/m0/s1. The van der Waals surface area contributed by atoms with E-state index in [1.54, 1.807) is 41.5 Å². The molecule has 2 rings (SSSR count). The lowest BCUT2D eigenvalue weighted by Crippen LogP contribution is -2.62. The number of aromatic nitrogens is 2. The molecular formula is C96H171N21O21. The number of aliphatic carboxylic acids is 1. The molecule has 1 heterocycles. The van der Waals surface area contributed by atoms with Crippen LogP contribution in [0, 0.1) is 23.7 Å². The summed E-state index contributed by atoms with van der Waals surface area (Å²) in [7, 11) is 0. The summed E-state index contributed by atoms with van der Waals surface area (Å²) in [5.41, 5.74) is 22.2. The number of amides is 16. The van der Waals surface area contributed by atoms with E-state index in [9.17, 15) is 97.1 Å². The Balaban J connectivity index is 2.46. The average molecular weight is 1960 g/mol. The molecule has 0 aromatic carbocycles. The number of hydrogen-bond acceptors (Lipinski definition) is 22. The first kappa shape index (κ1) is 123.